The van der Waals surface area contributed by atoms with Crippen molar-refractivity contribution < 1.29 is 14.3 Å². The molecule has 0 N–H and O–H groups in total. The molecular formula is C17H17Cl2NO3S. The number of methoxy groups -OCH3 is 1. The highest BCUT2D eigenvalue weighted by atomic mass is 35.5. The van der Waals surface area contributed by atoms with E-state index in [0.29, 0.717) is 38.5 Å². The van der Waals surface area contributed by atoms with Gasteiger partial charge in [0.25, 0.3) is 0 Å². The van der Waals surface area contributed by atoms with E-state index in [0.717, 1.165) is 10.4 Å². The van der Waals surface area contributed by atoms with Crippen LogP contribution in [-0.4, -0.2) is 25.9 Å². The predicted octanol–water partition coefficient (Wildman–Crippen LogP) is 5.61. The summed E-state index contributed by atoms with van der Waals surface area (Å²) in [5, 5.41) is 1.46. The van der Waals surface area contributed by atoms with Crippen molar-refractivity contribution in [3.63, 3.8) is 0 Å². The van der Waals surface area contributed by atoms with Crippen molar-refractivity contribution >= 4 is 51.7 Å². The van der Waals surface area contributed by atoms with Crippen LogP contribution in [0.3, 0.4) is 0 Å². The lowest BCUT2D eigenvalue weighted by Gasteiger charge is -2.07. The van der Waals surface area contributed by atoms with Crippen LogP contribution in [0.2, 0.25) is 10.0 Å². The monoisotopic (exact) mass is 385 g/mol. The van der Waals surface area contributed by atoms with Gasteiger partial charge in [-0.05, 0) is 38.5 Å². The van der Waals surface area contributed by atoms with Gasteiger partial charge >= 0.3 is 5.97 Å². The molecule has 0 fully saturated rings. The molecule has 0 radical (unpaired) electrons. The minimum atomic E-state index is -0.373. The van der Waals surface area contributed by atoms with Crippen LogP contribution in [0.25, 0.3) is 0 Å². The first kappa shape index (κ1) is 18.8. The van der Waals surface area contributed by atoms with Crippen LogP contribution < -0.4 is 4.74 Å². The number of rotatable bonds is 5. The van der Waals surface area contributed by atoms with Gasteiger partial charge in [0.15, 0.2) is 0 Å². The molecule has 128 valence electrons. The number of esters is 1. The van der Waals surface area contributed by atoms with E-state index in [1.807, 2.05) is 13.8 Å². The molecule has 0 aliphatic rings. The predicted molar refractivity (Wildman–Crippen MR) is 100 cm³/mol. The van der Waals surface area contributed by atoms with Crippen molar-refractivity contribution in [3.05, 3.63) is 43.7 Å². The van der Waals surface area contributed by atoms with Crippen LogP contribution in [0.15, 0.2) is 17.1 Å². The Kier molecular flexibility index (Phi) is 6.27. The topological polar surface area (TPSA) is 47.9 Å². The normalized spacial score (nSPS) is 11.1. The number of aryl methyl sites for hydroxylation is 1. The molecule has 4 nitrogen and oxygen atoms in total. The summed E-state index contributed by atoms with van der Waals surface area (Å²) >= 11 is 13.6. The van der Waals surface area contributed by atoms with E-state index in [-0.39, 0.29) is 5.97 Å². The summed E-state index contributed by atoms with van der Waals surface area (Å²) in [5.41, 5.74) is 2.00. The highest BCUT2D eigenvalue weighted by Gasteiger charge is 2.20. The maximum atomic E-state index is 12.2. The quantitative estimate of drug-likeness (QED) is 0.496. The van der Waals surface area contributed by atoms with Gasteiger partial charge in [0.05, 0.1) is 24.3 Å². The van der Waals surface area contributed by atoms with Crippen LogP contribution >= 0.6 is 34.5 Å². The van der Waals surface area contributed by atoms with Crippen molar-refractivity contribution in [2.45, 2.75) is 20.8 Å². The number of halogens is 2. The summed E-state index contributed by atoms with van der Waals surface area (Å²) < 4.78 is 10.4. The van der Waals surface area contributed by atoms with Crippen LogP contribution in [-0.2, 0) is 4.74 Å². The fourth-order valence-corrected chi connectivity index (χ4v) is 3.74. The second kappa shape index (κ2) is 8.01. The molecule has 0 bridgehead atoms. The van der Waals surface area contributed by atoms with Crippen molar-refractivity contribution in [2.75, 3.05) is 13.7 Å². The Morgan fingerprint density at radius 2 is 2.04 bits per heavy atom. The molecule has 0 saturated heterocycles. The summed E-state index contributed by atoms with van der Waals surface area (Å²) in [4.78, 5) is 17.6. The molecule has 7 heteroatoms. The van der Waals surface area contributed by atoms with Gasteiger partial charge in [-0.25, -0.2) is 9.79 Å². The highest BCUT2D eigenvalue weighted by Crippen LogP contribution is 2.36. The van der Waals surface area contributed by atoms with Gasteiger partial charge in [0, 0.05) is 21.7 Å². The Labute approximate surface area is 155 Å². The van der Waals surface area contributed by atoms with Gasteiger partial charge in [-0.1, -0.05) is 23.2 Å². The van der Waals surface area contributed by atoms with Crippen molar-refractivity contribution in [3.8, 4) is 5.75 Å². The Bertz CT molecular complexity index is 800. The highest BCUT2D eigenvalue weighted by molar-refractivity contribution is 7.16. The van der Waals surface area contributed by atoms with Gasteiger partial charge in [-0.3, -0.25) is 0 Å². The van der Waals surface area contributed by atoms with E-state index in [1.165, 1.54) is 18.4 Å². The molecule has 24 heavy (non-hydrogen) atoms. The zero-order chi connectivity index (χ0) is 17.9. The number of thiophene rings is 1. The number of aliphatic imine (C=N–C) groups is 1. The average Bonchev–Trinajstić information content (AvgIpc) is 2.80. The minimum Gasteiger partial charge on any atom is -0.495 e. The second-order valence-corrected chi connectivity index (χ2v) is 7.00. The number of ether oxygens (including phenoxy) is 2. The van der Waals surface area contributed by atoms with Crippen molar-refractivity contribution in [1.82, 2.24) is 0 Å². The molecule has 0 amide bonds. The van der Waals surface area contributed by atoms with Crippen LogP contribution in [0.1, 0.15) is 33.3 Å². The van der Waals surface area contributed by atoms with E-state index in [1.54, 1.807) is 25.3 Å². The van der Waals surface area contributed by atoms with Gasteiger partial charge in [0.1, 0.15) is 10.8 Å². The van der Waals surface area contributed by atoms with Crippen LogP contribution in [0.4, 0.5) is 5.00 Å². The summed E-state index contributed by atoms with van der Waals surface area (Å²) in [7, 11) is 1.52. The smallest absolute Gasteiger partial charge is 0.341 e. The van der Waals surface area contributed by atoms with E-state index in [4.69, 9.17) is 32.7 Å². The standard InChI is InChI=1S/C17H17Cl2NO3S/c1-5-23-17(21)14-9(2)10(3)24-16(14)20-8-11-6-12(18)7-13(19)15(11)22-4/h6-8H,5H2,1-4H3. The molecular weight excluding hydrogens is 369 g/mol. The number of carbonyl (C=O) groups excluding carboxylic acids is 1. The molecule has 0 atom stereocenters. The van der Waals surface area contributed by atoms with Crippen molar-refractivity contribution in [1.29, 1.82) is 0 Å². The third-order valence-corrected chi connectivity index (χ3v) is 5.02. The second-order valence-electron chi connectivity index (χ2n) is 4.95. The summed E-state index contributed by atoms with van der Waals surface area (Å²) in [6.45, 7) is 5.91. The van der Waals surface area contributed by atoms with E-state index in [9.17, 15) is 4.79 Å². The van der Waals surface area contributed by atoms with E-state index >= 15 is 0 Å². The Hall–Kier alpha value is -1.56. The van der Waals surface area contributed by atoms with E-state index < -0.39 is 0 Å². The number of nitrogens with zero attached hydrogens (tertiary/aromatic N) is 1. The molecule has 2 rings (SSSR count). The van der Waals surface area contributed by atoms with Crippen molar-refractivity contribution in [2.24, 2.45) is 4.99 Å². The third kappa shape index (κ3) is 3.91. The van der Waals surface area contributed by atoms with Crippen LogP contribution in [0.5, 0.6) is 5.75 Å². The Morgan fingerprint density at radius 3 is 2.67 bits per heavy atom. The first-order valence-electron chi connectivity index (χ1n) is 7.23. The van der Waals surface area contributed by atoms with Gasteiger partial charge in [-0.2, -0.15) is 0 Å². The number of benzene rings is 1. The first-order valence-corrected chi connectivity index (χ1v) is 8.80. The van der Waals surface area contributed by atoms with Crippen LogP contribution in [0, 0.1) is 13.8 Å². The number of carbonyl (C=O) groups is 1. The number of hydrogen-bond donors (Lipinski definition) is 0. The lowest BCUT2D eigenvalue weighted by Crippen LogP contribution is -2.05. The van der Waals surface area contributed by atoms with Gasteiger partial charge < -0.3 is 9.47 Å². The fraction of sp³-hybridized carbons (Fsp3) is 0.294. The molecule has 0 saturated carbocycles. The number of hydrogen-bond acceptors (Lipinski definition) is 5. The van der Waals surface area contributed by atoms with Gasteiger partial charge in [0.2, 0.25) is 0 Å². The molecule has 0 aliphatic carbocycles. The molecule has 0 spiro atoms. The molecule has 0 unspecified atom stereocenters. The molecule has 1 aromatic heterocycles. The lowest BCUT2D eigenvalue weighted by atomic mass is 10.1. The first-order chi connectivity index (χ1) is 11.4. The molecule has 2 aromatic rings. The summed E-state index contributed by atoms with van der Waals surface area (Å²) in [6, 6.07) is 3.30. The third-order valence-electron chi connectivity index (χ3n) is 3.41. The Morgan fingerprint density at radius 1 is 1.33 bits per heavy atom. The zero-order valence-electron chi connectivity index (χ0n) is 13.8. The average molecular weight is 386 g/mol. The van der Waals surface area contributed by atoms with E-state index in [2.05, 4.69) is 4.99 Å². The molecule has 1 heterocycles. The largest absolute Gasteiger partial charge is 0.495 e. The Balaban J connectivity index is 2.47. The fourth-order valence-electron chi connectivity index (χ4n) is 2.16. The zero-order valence-corrected chi connectivity index (χ0v) is 16.1. The minimum absolute atomic E-state index is 0.314. The molecule has 1 aromatic carbocycles. The maximum absolute atomic E-state index is 12.2. The summed E-state index contributed by atoms with van der Waals surface area (Å²) in [6.07, 6.45) is 1.59. The molecule has 0 aliphatic heterocycles. The summed E-state index contributed by atoms with van der Waals surface area (Å²) in [5.74, 6) is 0.107. The SMILES string of the molecule is CCOC(=O)c1c(N=Cc2cc(Cl)cc(Cl)c2OC)sc(C)c1C. The lowest BCUT2D eigenvalue weighted by molar-refractivity contribution is 0.0527. The maximum Gasteiger partial charge on any atom is 0.341 e. The van der Waals surface area contributed by atoms with Gasteiger partial charge in [-0.15, -0.1) is 11.3 Å².